The summed E-state index contributed by atoms with van der Waals surface area (Å²) in [7, 11) is 0. The first-order valence-electron chi connectivity index (χ1n) is 6.46. The highest BCUT2D eigenvalue weighted by Crippen LogP contribution is 2.51. The topological polar surface area (TPSA) is 72.2 Å². The molecule has 0 aromatic heterocycles. The number of hydrogen-bond donors (Lipinski definition) is 1. The summed E-state index contributed by atoms with van der Waals surface area (Å²) in [5.74, 6) is 0.563. The summed E-state index contributed by atoms with van der Waals surface area (Å²) in [5, 5.41) is 14.2. The predicted octanol–water partition coefficient (Wildman–Crippen LogP) is 3.26. The quantitative estimate of drug-likeness (QED) is 0.485. The normalized spacial score (nSPS) is 16.2. The van der Waals surface area contributed by atoms with Crippen molar-refractivity contribution in [3.63, 3.8) is 0 Å². The lowest BCUT2D eigenvalue weighted by Crippen LogP contribution is -2.21. The van der Waals surface area contributed by atoms with E-state index in [2.05, 4.69) is 19.2 Å². The molecule has 0 bridgehead atoms. The molecule has 1 aromatic rings. The number of aldehydes is 1. The molecule has 5 heteroatoms. The van der Waals surface area contributed by atoms with Gasteiger partial charge in [-0.25, -0.2) is 0 Å². The fraction of sp³-hybridized carbons (Fsp3) is 0.500. The smallest absolute Gasteiger partial charge is 0.293 e. The minimum absolute atomic E-state index is 0.0378. The fourth-order valence-corrected chi connectivity index (χ4v) is 2.31. The van der Waals surface area contributed by atoms with Crippen molar-refractivity contribution in [1.82, 2.24) is 0 Å². The number of carbonyl (C=O) groups is 1. The van der Waals surface area contributed by atoms with Crippen molar-refractivity contribution in [1.29, 1.82) is 0 Å². The van der Waals surface area contributed by atoms with Gasteiger partial charge in [0.15, 0.2) is 0 Å². The molecule has 1 saturated carbocycles. The van der Waals surface area contributed by atoms with Gasteiger partial charge in [-0.1, -0.05) is 13.8 Å². The van der Waals surface area contributed by atoms with Crippen molar-refractivity contribution in [2.75, 3.05) is 11.9 Å². The SMILES string of the molecule is CC(C)C1(CNc2ccc(C=O)cc2[N+](=O)[O-])CC1. The minimum atomic E-state index is -0.454. The molecule has 1 aromatic carbocycles. The Labute approximate surface area is 112 Å². The van der Waals surface area contributed by atoms with Crippen LogP contribution in [0, 0.1) is 21.4 Å². The van der Waals surface area contributed by atoms with E-state index in [9.17, 15) is 14.9 Å². The van der Waals surface area contributed by atoms with Crippen molar-refractivity contribution in [2.45, 2.75) is 26.7 Å². The van der Waals surface area contributed by atoms with Gasteiger partial charge < -0.3 is 5.32 Å². The van der Waals surface area contributed by atoms with Crippen LogP contribution in [0.25, 0.3) is 0 Å². The molecular formula is C14H18N2O3. The van der Waals surface area contributed by atoms with E-state index >= 15 is 0 Å². The maximum Gasteiger partial charge on any atom is 0.293 e. The van der Waals surface area contributed by atoms with Gasteiger partial charge >= 0.3 is 0 Å². The summed E-state index contributed by atoms with van der Waals surface area (Å²) in [4.78, 5) is 21.2. The van der Waals surface area contributed by atoms with Crippen LogP contribution in [-0.4, -0.2) is 17.8 Å². The Bertz CT molecular complexity index is 507. The van der Waals surface area contributed by atoms with Crippen molar-refractivity contribution in [3.8, 4) is 0 Å². The molecule has 5 nitrogen and oxygen atoms in total. The lowest BCUT2D eigenvalue weighted by molar-refractivity contribution is -0.384. The van der Waals surface area contributed by atoms with Crippen molar-refractivity contribution in [3.05, 3.63) is 33.9 Å². The molecule has 0 atom stereocenters. The van der Waals surface area contributed by atoms with Gasteiger partial charge in [-0.3, -0.25) is 14.9 Å². The minimum Gasteiger partial charge on any atom is -0.379 e. The Kier molecular flexibility index (Phi) is 3.55. The maximum absolute atomic E-state index is 11.0. The number of hydrogen-bond acceptors (Lipinski definition) is 4. The molecule has 19 heavy (non-hydrogen) atoms. The zero-order valence-electron chi connectivity index (χ0n) is 11.2. The van der Waals surface area contributed by atoms with Crippen LogP contribution in [0.1, 0.15) is 37.0 Å². The molecule has 0 saturated heterocycles. The molecule has 0 heterocycles. The number of carbonyl (C=O) groups excluding carboxylic acids is 1. The lowest BCUT2D eigenvalue weighted by Gasteiger charge is -2.20. The Morgan fingerprint density at radius 1 is 1.47 bits per heavy atom. The van der Waals surface area contributed by atoms with E-state index < -0.39 is 4.92 Å². The van der Waals surface area contributed by atoms with E-state index in [1.165, 1.54) is 6.07 Å². The van der Waals surface area contributed by atoms with E-state index in [4.69, 9.17) is 0 Å². The Morgan fingerprint density at radius 3 is 2.63 bits per heavy atom. The van der Waals surface area contributed by atoms with Gasteiger partial charge in [0, 0.05) is 18.2 Å². The second kappa shape index (κ2) is 4.99. The highest BCUT2D eigenvalue weighted by atomic mass is 16.6. The number of anilines is 1. The van der Waals surface area contributed by atoms with Crippen LogP contribution in [0.5, 0.6) is 0 Å². The van der Waals surface area contributed by atoms with E-state index in [1.54, 1.807) is 12.1 Å². The third-order valence-electron chi connectivity index (χ3n) is 4.10. The number of benzene rings is 1. The largest absolute Gasteiger partial charge is 0.379 e. The van der Waals surface area contributed by atoms with Crippen LogP contribution in [0.2, 0.25) is 0 Å². The number of nitro benzene ring substituents is 1. The number of nitrogens with zero attached hydrogens (tertiary/aromatic N) is 1. The van der Waals surface area contributed by atoms with E-state index in [-0.39, 0.29) is 11.1 Å². The van der Waals surface area contributed by atoms with Gasteiger partial charge in [-0.05, 0) is 36.3 Å². The average molecular weight is 262 g/mol. The van der Waals surface area contributed by atoms with E-state index in [0.717, 1.165) is 19.4 Å². The summed E-state index contributed by atoms with van der Waals surface area (Å²) in [6.45, 7) is 5.10. The third kappa shape index (κ3) is 2.75. The highest BCUT2D eigenvalue weighted by molar-refractivity contribution is 5.79. The van der Waals surface area contributed by atoms with Crippen LogP contribution in [-0.2, 0) is 0 Å². The molecule has 1 aliphatic carbocycles. The van der Waals surface area contributed by atoms with Gasteiger partial charge in [-0.15, -0.1) is 0 Å². The summed E-state index contributed by atoms with van der Waals surface area (Å²) in [6.07, 6.45) is 2.95. The number of nitrogens with one attached hydrogen (secondary N) is 1. The Balaban J connectivity index is 2.16. The molecule has 0 spiro atoms. The first-order valence-corrected chi connectivity index (χ1v) is 6.46. The molecule has 0 aliphatic heterocycles. The van der Waals surface area contributed by atoms with Crippen molar-refractivity contribution in [2.24, 2.45) is 11.3 Å². The van der Waals surface area contributed by atoms with Gasteiger partial charge in [-0.2, -0.15) is 0 Å². The molecule has 102 valence electrons. The maximum atomic E-state index is 11.0. The van der Waals surface area contributed by atoms with Crippen LogP contribution < -0.4 is 5.32 Å². The monoisotopic (exact) mass is 262 g/mol. The standard InChI is InChI=1S/C14H18N2O3/c1-10(2)14(5-6-14)9-15-12-4-3-11(8-17)7-13(12)16(18)19/h3-4,7-8,10,15H,5-6,9H2,1-2H3. The second-order valence-corrected chi connectivity index (χ2v) is 5.52. The fourth-order valence-electron chi connectivity index (χ4n) is 2.31. The Hall–Kier alpha value is -1.91. The molecular weight excluding hydrogens is 244 g/mol. The molecule has 0 amide bonds. The molecule has 0 unspecified atom stereocenters. The lowest BCUT2D eigenvalue weighted by atomic mass is 9.92. The Morgan fingerprint density at radius 2 is 2.16 bits per heavy atom. The molecule has 2 rings (SSSR count). The number of nitro groups is 1. The summed E-state index contributed by atoms with van der Waals surface area (Å²) < 4.78 is 0. The number of rotatable bonds is 6. The van der Waals surface area contributed by atoms with Crippen molar-refractivity contribution < 1.29 is 9.72 Å². The van der Waals surface area contributed by atoms with Gasteiger partial charge in [0.2, 0.25) is 0 Å². The zero-order valence-corrected chi connectivity index (χ0v) is 11.2. The summed E-state index contributed by atoms with van der Waals surface area (Å²) in [6, 6.07) is 4.51. The van der Waals surface area contributed by atoms with Gasteiger partial charge in [0.25, 0.3) is 5.69 Å². The van der Waals surface area contributed by atoms with Gasteiger partial charge in [0.05, 0.1) is 4.92 Å². The second-order valence-electron chi connectivity index (χ2n) is 5.52. The third-order valence-corrected chi connectivity index (χ3v) is 4.10. The molecule has 0 radical (unpaired) electrons. The molecule has 1 aliphatic rings. The van der Waals surface area contributed by atoms with Gasteiger partial charge in [0.1, 0.15) is 12.0 Å². The molecule has 1 fully saturated rings. The first kappa shape index (κ1) is 13.5. The zero-order chi connectivity index (χ0) is 14.0. The molecule has 1 N–H and O–H groups in total. The first-order chi connectivity index (χ1) is 8.98. The van der Waals surface area contributed by atoms with Crippen LogP contribution in [0.15, 0.2) is 18.2 Å². The van der Waals surface area contributed by atoms with Crippen LogP contribution >= 0.6 is 0 Å². The highest BCUT2D eigenvalue weighted by Gasteiger charge is 2.45. The van der Waals surface area contributed by atoms with Crippen LogP contribution in [0.4, 0.5) is 11.4 Å². The summed E-state index contributed by atoms with van der Waals surface area (Å²) in [5.41, 5.74) is 1.05. The summed E-state index contributed by atoms with van der Waals surface area (Å²) >= 11 is 0. The van der Waals surface area contributed by atoms with E-state index in [0.29, 0.717) is 23.5 Å². The van der Waals surface area contributed by atoms with Crippen molar-refractivity contribution >= 4 is 17.7 Å². The van der Waals surface area contributed by atoms with Crippen LogP contribution in [0.3, 0.4) is 0 Å². The predicted molar refractivity (Wildman–Crippen MR) is 73.5 cm³/mol. The average Bonchev–Trinajstić information content (AvgIpc) is 3.17. The van der Waals surface area contributed by atoms with E-state index in [1.807, 2.05) is 0 Å².